The van der Waals surface area contributed by atoms with Crippen LogP contribution in [0.3, 0.4) is 0 Å². The van der Waals surface area contributed by atoms with Crippen LogP contribution in [-0.2, 0) is 11.8 Å². The molecule has 1 saturated heterocycles. The normalized spacial score (nSPS) is 22.0. The number of aromatic nitrogens is 1. The number of aryl methyl sites for hydroxylation is 1. The summed E-state index contributed by atoms with van der Waals surface area (Å²) in [6.07, 6.45) is 6.51. The van der Waals surface area contributed by atoms with Crippen LogP contribution in [0.15, 0.2) is 18.3 Å². The van der Waals surface area contributed by atoms with Crippen molar-refractivity contribution in [3.05, 3.63) is 24.0 Å². The predicted octanol–water partition coefficient (Wildman–Crippen LogP) is 2.84. The third-order valence-electron chi connectivity index (χ3n) is 4.56. The molecule has 1 aromatic rings. The van der Waals surface area contributed by atoms with Crippen LogP contribution in [0, 0.1) is 5.41 Å². The van der Waals surface area contributed by atoms with Gasteiger partial charge in [-0.1, -0.05) is 33.6 Å². The lowest BCUT2D eigenvalue weighted by molar-refractivity contribution is -0.137. The van der Waals surface area contributed by atoms with Gasteiger partial charge in [0.05, 0.1) is 12.1 Å². The van der Waals surface area contributed by atoms with E-state index in [-0.39, 0.29) is 17.4 Å². The monoisotopic (exact) mass is 291 g/mol. The van der Waals surface area contributed by atoms with E-state index in [1.807, 2.05) is 45.0 Å². The van der Waals surface area contributed by atoms with Gasteiger partial charge in [0, 0.05) is 25.5 Å². The van der Waals surface area contributed by atoms with Crippen LogP contribution in [0.25, 0.3) is 0 Å². The molecule has 0 aromatic carbocycles. The van der Waals surface area contributed by atoms with E-state index in [1.54, 1.807) is 0 Å². The number of carbonyl (C=O) groups excluding carboxylic acids is 1. The van der Waals surface area contributed by atoms with E-state index in [1.165, 1.54) is 18.5 Å². The maximum Gasteiger partial charge on any atom is 0.240 e. The Labute approximate surface area is 128 Å². The van der Waals surface area contributed by atoms with Crippen LogP contribution in [0.2, 0.25) is 0 Å². The number of carbonyl (C=O) groups is 1. The van der Waals surface area contributed by atoms with Crippen LogP contribution in [0.5, 0.6) is 0 Å². The molecule has 0 bridgehead atoms. The first-order valence-electron chi connectivity index (χ1n) is 7.99. The third-order valence-corrected chi connectivity index (χ3v) is 4.56. The number of rotatable bonds is 2. The van der Waals surface area contributed by atoms with Crippen LogP contribution in [0.4, 0.5) is 0 Å². The Morgan fingerprint density at radius 3 is 2.62 bits per heavy atom. The van der Waals surface area contributed by atoms with Gasteiger partial charge in [0.2, 0.25) is 5.91 Å². The van der Waals surface area contributed by atoms with Crippen molar-refractivity contribution in [3.8, 4) is 0 Å². The Bertz CT molecular complexity index is 486. The Balaban J connectivity index is 2.28. The molecule has 2 rings (SSSR count). The minimum Gasteiger partial charge on any atom is -0.353 e. The smallest absolute Gasteiger partial charge is 0.240 e. The molecule has 1 aliphatic heterocycles. The molecule has 0 spiro atoms. The molecule has 4 heteroatoms. The van der Waals surface area contributed by atoms with Crippen molar-refractivity contribution >= 4 is 5.91 Å². The van der Waals surface area contributed by atoms with E-state index in [0.29, 0.717) is 0 Å². The highest BCUT2D eigenvalue weighted by Crippen LogP contribution is 2.32. The summed E-state index contributed by atoms with van der Waals surface area (Å²) in [5.41, 5.74) is 7.24. The van der Waals surface area contributed by atoms with Crippen molar-refractivity contribution in [2.24, 2.45) is 18.2 Å². The van der Waals surface area contributed by atoms with Crippen LogP contribution < -0.4 is 5.73 Å². The average molecular weight is 291 g/mol. The van der Waals surface area contributed by atoms with Crippen LogP contribution in [-0.4, -0.2) is 28.0 Å². The molecule has 1 amide bonds. The number of likely N-dealkylation sites (tertiary alicyclic amines) is 1. The highest BCUT2D eigenvalue weighted by atomic mass is 16.2. The molecule has 2 N–H and O–H groups in total. The molecule has 0 saturated carbocycles. The summed E-state index contributed by atoms with van der Waals surface area (Å²) in [6, 6.07) is 3.89. The lowest BCUT2D eigenvalue weighted by atomic mass is 9.86. The summed E-state index contributed by atoms with van der Waals surface area (Å²) >= 11 is 0. The predicted molar refractivity (Wildman–Crippen MR) is 85.8 cm³/mol. The molecule has 1 aliphatic rings. The van der Waals surface area contributed by atoms with E-state index < -0.39 is 6.04 Å². The number of nitrogens with two attached hydrogens (primary N) is 1. The zero-order valence-corrected chi connectivity index (χ0v) is 13.8. The number of amides is 1. The molecule has 0 aliphatic carbocycles. The van der Waals surface area contributed by atoms with E-state index in [4.69, 9.17) is 5.73 Å². The van der Waals surface area contributed by atoms with E-state index in [0.717, 1.165) is 19.4 Å². The van der Waals surface area contributed by atoms with Crippen LogP contribution in [0.1, 0.15) is 58.2 Å². The molecular formula is C17H29N3O. The van der Waals surface area contributed by atoms with Crippen molar-refractivity contribution in [1.29, 1.82) is 0 Å². The van der Waals surface area contributed by atoms with Crippen molar-refractivity contribution in [2.45, 2.75) is 58.5 Å². The largest absolute Gasteiger partial charge is 0.353 e. The van der Waals surface area contributed by atoms with Crippen LogP contribution >= 0.6 is 0 Å². The molecule has 21 heavy (non-hydrogen) atoms. The summed E-state index contributed by atoms with van der Waals surface area (Å²) in [6.45, 7) is 6.92. The summed E-state index contributed by atoms with van der Waals surface area (Å²) in [5, 5.41) is 0. The first-order valence-corrected chi connectivity index (χ1v) is 7.99. The van der Waals surface area contributed by atoms with Gasteiger partial charge >= 0.3 is 0 Å². The summed E-state index contributed by atoms with van der Waals surface area (Å²) in [4.78, 5) is 14.9. The lowest BCUT2D eigenvalue weighted by Gasteiger charge is -2.36. The summed E-state index contributed by atoms with van der Waals surface area (Å²) < 4.78 is 2.12. The second kappa shape index (κ2) is 6.22. The minimum atomic E-state index is -0.446. The van der Waals surface area contributed by atoms with E-state index >= 15 is 0 Å². The summed E-state index contributed by atoms with van der Waals surface area (Å²) in [5.74, 6) is 0.0931. The van der Waals surface area contributed by atoms with Crippen molar-refractivity contribution in [3.63, 3.8) is 0 Å². The molecule has 0 radical (unpaired) electrons. The molecule has 118 valence electrons. The van der Waals surface area contributed by atoms with Gasteiger partial charge in [0.1, 0.15) is 0 Å². The fourth-order valence-corrected chi connectivity index (χ4v) is 3.05. The Kier molecular flexibility index (Phi) is 4.77. The minimum absolute atomic E-state index is 0.0931. The van der Waals surface area contributed by atoms with E-state index in [9.17, 15) is 4.79 Å². The standard InChI is InChI=1S/C17H29N3O/c1-17(2,3)15(18)16(21)20-12-7-5-6-9-14(20)13-10-8-11-19(13)4/h8,10-11,14-15H,5-7,9,12,18H2,1-4H3/t14?,15-/m1/s1. The molecule has 1 fully saturated rings. The van der Waals surface area contributed by atoms with Crippen molar-refractivity contribution in [1.82, 2.24) is 9.47 Å². The number of hydrogen-bond acceptors (Lipinski definition) is 2. The van der Waals surface area contributed by atoms with Crippen molar-refractivity contribution in [2.75, 3.05) is 6.54 Å². The van der Waals surface area contributed by atoms with Gasteiger partial charge < -0.3 is 15.2 Å². The first-order chi connectivity index (χ1) is 9.82. The average Bonchev–Trinajstić information content (AvgIpc) is 2.70. The zero-order valence-electron chi connectivity index (χ0n) is 13.8. The van der Waals surface area contributed by atoms with E-state index in [2.05, 4.69) is 10.6 Å². The van der Waals surface area contributed by atoms with Gasteiger partial charge in [-0.25, -0.2) is 0 Å². The molecule has 2 heterocycles. The fraction of sp³-hybridized carbons (Fsp3) is 0.706. The van der Waals surface area contributed by atoms with Gasteiger partial charge in [-0.3, -0.25) is 4.79 Å². The Hall–Kier alpha value is -1.29. The highest BCUT2D eigenvalue weighted by Gasteiger charge is 2.35. The molecule has 1 unspecified atom stereocenters. The Morgan fingerprint density at radius 1 is 1.33 bits per heavy atom. The molecule has 4 nitrogen and oxygen atoms in total. The van der Waals surface area contributed by atoms with Gasteiger partial charge in [-0.15, -0.1) is 0 Å². The van der Waals surface area contributed by atoms with Gasteiger partial charge in [0.25, 0.3) is 0 Å². The number of hydrogen-bond donors (Lipinski definition) is 1. The number of nitrogens with zero attached hydrogens (tertiary/aromatic N) is 2. The maximum atomic E-state index is 12.9. The Morgan fingerprint density at radius 2 is 2.05 bits per heavy atom. The second-order valence-corrected chi connectivity index (χ2v) is 7.28. The quantitative estimate of drug-likeness (QED) is 0.911. The topological polar surface area (TPSA) is 51.3 Å². The molecule has 2 atom stereocenters. The maximum absolute atomic E-state index is 12.9. The van der Waals surface area contributed by atoms with Crippen molar-refractivity contribution < 1.29 is 4.79 Å². The third kappa shape index (κ3) is 3.49. The highest BCUT2D eigenvalue weighted by molar-refractivity contribution is 5.83. The second-order valence-electron chi connectivity index (χ2n) is 7.28. The lowest BCUT2D eigenvalue weighted by Crippen LogP contribution is -2.51. The molecule has 1 aromatic heterocycles. The SMILES string of the molecule is Cn1cccc1C1CCCCCN1C(=O)[C@@H](N)C(C)(C)C. The van der Waals surface area contributed by atoms with Gasteiger partial charge in [0.15, 0.2) is 0 Å². The van der Waals surface area contributed by atoms with Gasteiger partial charge in [-0.2, -0.15) is 0 Å². The molecular weight excluding hydrogens is 262 g/mol. The summed E-state index contributed by atoms with van der Waals surface area (Å²) in [7, 11) is 2.05. The zero-order chi connectivity index (χ0) is 15.6. The van der Waals surface area contributed by atoms with Gasteiger partial charge in [-0.05, 0) is 30.4 Å². The fourth-order valence-electron chi connectivity index (χ4n) is 3.05. The first kappa shape index (κ1) is 16.1.